The monoisotopic (exact) mass is 173 g/mol. The zero-order valence-electron chi connectivity index (χ0n) is 6.99. The molecule has 0 heterocycles. The van der Waals surface area contributed by atoms with E-state index in [-0.39, 0.29) is 19.1 Å². The van der Waals surface area contributed by atoms with Crippen molar-refractivity contribution in [2.45, 2.75) is 25.3 Å². The van der Waals surface area contributed by atoms with Gasteiger partial charge in [0.05, 0.1) is 19.3 Å². The first kappa shape index (κ1) is 9.48. The Hall–Kier alpha value is -0.610. The summed E-state index contributed by atoms with van der Waals surface area (Å²) in [5.74, 6) is 0.480. The molecule has 1 aliphatic carbocycles. The van der Waals surface area contributed by atoms with Crippen LogP contribution in [0.15, 0.2) is 0 Å². The Balaban J connectivity index is 2.13. The second-order valence-corrected chi connectivity index (χ2v) is 3.28. The number of carbonyl (C=O) groups excluding carboxylic acids is 1. The van der Waals surface area contributed by atoms with E-state index in [0.717, 1.165) is 12.8 Å². The average molecular weight is 173 g/mol. The Morgan fingerprint density at radius 1 is 1.42 bits per heavy atom. The first-order valence-electron chi connectivity index (χ1n) is 4.27. The minimum Gasteiger partial charge on any atom is -0.394 e. The molecule has 4 nitrogen and oxygen atoms in total. The lowest BCUT2D eigenvalue weighted by Crippen LogP contribution is -2.40. The standard InChI is InChI=1S/C8H15NO3/c10-4-7(5-11)9-8(12)3-6-1-2-6/h6-7,10-11H,1-5H2,(H,9,12). The third-order valence-electron chi connectivity index (χ3n) is 1.98. The smallest absolute Gasteiger partial charge is 0.220 e. The topological polar surface area (TPSA) is 69.6 Å². The fraction of sp³-hybridized carbons (Fsp3) is 0.875. The molecule has 70 valence electrons. The van der Waals surface area contributed by atoms with E-state index >= 15 is 0 Å². The molecule has 3 N–H and O–H groups in total. The van der Waals surface area contributed by atoms with Crippen molar-refractivity contribution in [2.75, 3.05) is 13.2 Å². The van der Waals surface area contributed by atoms with E-state index < -0.39 is 6.04 Å². The lowest BCUT2D eigenvalue weighted by molar-refractivity contribution is -0.122. The Morgan fingerprint density at radius 2 is 2.00 bits per heavy atom. The Morgan fingerprint density at radius 3 is 2.42 bits per heavy atom. The van der Waals surface area contributed by atoms with Crippen LogP contribution in [0.4, 0.5) is 0 Å². The van der Waals surface area contributed by atoms with Crippen molar-refractivity contribution >= 4 is 5.91 Å². The van der Waals surface area contributed by atoms with E-state index in [1.807, 2.05) is 0 Å². The third-order valence-corrected chi connectivity index (χ3v) is 1.98. The van der Waals surface area contributed by atoms with E-state index in [0.29, 0.717) is 12.3 Å². The van der Waals surface area contributed by atoms with Gasteiger partial charge in [-0.05, 0) is 18.8 Å². The molecule has 0 aliphatic heterocycles. The molecule has 0 aromatic heterocycles. The van der Waals surface area contributed by atoms with Crippen LogP contribution in [0, 0.1) is 5.92 Å². The second-order valence-electron chi connectivity index (χ2n) is 3.28. The van der Waals surface area contributed by atoms with E-state index in [1.54, 1.807) is 0 Å². The van der Waals surface area contributed by atoms with Gasteiger partial charge in [-0.3, -0.25) is 4.79 Å². The maximum atomic E-state index is 11.1. The summed E-state index contributed by atoms with van der Waals surface area (Å²) in [4.78, 5) is 11.1. The van der Waals surface area contributed by atoms with Crippen molar-refractivity contribution in [3.05, 3.63) is 0 Å². The van der Waals surface area contributed by atoms with Gasteiger partial charge >= 0.3 is 0 Å². The summed E-state index contributed by atoms with van der Waals surface area (Å²) in [7, 11) is 0. The zero-order valence-corrected chi connectivity index (χ0v) is 6.99. The van der Waals surface area contributed by atoms with Crippen LogP contribution in [-0.2, 0) is 4.79 Å². The SMILES string of the molecule is O=C(CC1CC1)NC(CO)CO. The molecule has 0 spiro atoms. The fourth-order valence-corrected chi connectivity index (χ4v) is 1.02. The van der Waals surface area contributed by atoms with Crippen LogP contribution in [-0.4, -0.2) is 35.4 Å². The molecule has 0 radical (unpaired) electrons. The van der Waals surface area contributed by atoms with Gasteiger partial charge in [0.1, 0.15) is 0 Å². The molecule has 0 aromatic carbocycles. The molecule has 0 bridgehead atoms. The number of aliphatic hydroxyl groups is 2. The molecule has 1 fully saturated rings. The summed E-state index contributed by atoms with van der Waals surface area (Å²) < 4.78 is 0. The van der Waals surface area contributed by atoms with Crippen molar-refractivity contribution in [1.82, 2.24) is 5.32 Å². The van der Waals surface area contributed by atoms with Gasteiger partial charge in [0.2, 0.25) is 5.91 Å². The number of carbonyl (C=O) groups is 1. The van der Waals surface area contributed by atoms with Gasteiger partial charge in [0.15, 0.2) is 0 Å². The van der Waals surface area contributed by atoms with Gasteiger partial charge < -0.3 is 15.5 Å². The Kier molecular flexibility index (Phi) is 3.49. The number of hydrogen-bond acceptors (Lipinski definition) is 3. The van der Waals surface area contributed by atoms with Crippen LogP contribution >= 0.6 is 0 Å². The summed E-state index contributed by atoms with van der Waals surface area (Å²) >= 11 is 0. The van der Waals surface area contributed by atoms with Crippen molar-refractivity contribution in [3.8, 4) is 0 Å². The average Bonchev–Trinajstić information content (AvgIpc) is 2.84. The fourth-order valence-electron chi connectivity index (χ4n) is 1.02. The van der Waals surface area contributed by atoms with Gasteiger partial charge in [-0.2, -0.15) is 0 Å². The van der Waals surface area contributed by atoms with Crippen LogP contribution < -0.4 is 5.32 Å². The first-order chi connectivity index (χ1) is 5.76. The summed E-state index contributed by atoms with van der Waals surface area (Å²) in [6.45, 7) is -0.403. The second kappa shape index (κ2) is 4.42. The zero-order chi connectivity index (χ0) is 8.97. The van der Waals surface area contributed by atoms with Crippen molar-refractivity contribution in [1.29, 1.82) is 0 Å². The van der Waals surface area contributed by atoms with Crippen LogP contribution in [0.2, 0.25) is 0 Å². The predicted molar refractivity (Wildman–Crippen MR) is 43.4 cm³/mol. The van der Waals surface area contributed by atoms with Crippen molar-refractivity contribution < 1.29 is 15.0 Å². The normalized spacial score (nSPS) is 16.6. The molecule has 0 saturated heterocycles. The summed E-state index contributed by atoms with van der Waals surface area (Å²) in [6, 6.07) is -0.490. The van der Waals surface area contributed by atoms with Gasteiger partial charge in [-0.25, -0.2) is 0 Å². The quantitative estimate of drug-likeness (QED) is 0.512. The number of rotatable bonds is 5. The number of amides is 1. The van der Waals surface area contributed by atoms with Crippen LogP contribution in [0.3, 0.4) is 0 Å². The van der Waals surface area contributed by atoms with Crippen molar-refractivity contribution in [2.24, 2.45) is 5.92 Å². The van der Waals surface area contributed by atoms with Crippen LogP contribution in [0.25, 0.3) is 0 Å². The molecular weight excluding hydrogens is 158 g/mol. The highest BCUT2D eigenvalue weighted by Crippen LogP contribution is 2.32. The van der Waals surface area contributed by atoms with Gasteiger partial charge in [0.25, 0.3) is 0 Å². The molecule has 1 rings (SSSR count). The number of nitrogens with one attached hydrogen (secondary N) is 1. The summed E-state index contributed by atoms with van der Waals surface area (Å²) in [5.41, 5.74) is 0. The number of hydrogen-bond donors (Lipinski definition) is 3. The lowest BCUT2D eigenvalue weighted by Gasteiger charge is -2.12. The van der Waals surface area contributed by atoms with Gasteiger partial charge in [-0.1, -0.05) is 0 Å². The molecule has 12 heavy (non-hydrogen) atoms. The minimum absolute atomic E-state index is 0.0643. The van der Waals surface area contributed by atoms with E-state index in [4.69, 9.17) is 10.2 Å². The largest absolute Gasteiger partial charge is 0.394 e. The maximum Gasteiger partial charge on any atom is 0.220 e. The summed E-state index contributed by atoms with van der Waals surface area (Å²) in [6.07, 6.45) is 2.81. The maximum absolute atomic E-state index is 11.1. The van der Waals surface area contributed by atoms with Crippen LogP contribution in [0.5, 0.6) is 0 Å². The van der Waals surface area contributed by atoms with E-state index in [2.05, 4.69) is 5.32 Å². The predicted octanol–water partition coefficient (Wildman–Crippen LogP) is -0.744. The van der Waals surface area contributed by atoms with Crippen molar-refractivity contribution in [3.63, 3.8) is 0 Å². The Bertz CT molecular complexity index is 152. The molecule has 0 unspecified atom stereocenters. The van der Waals surface area contributed by atoms with Gasteiger partial charge in [0, 0.05) is 6.42 Å². The molecular formula is C8H15NO3. The highest BCUT2D eigenvalue weighted by atomic mass is 16.3. The highest BCUT2D eigenvalue weighted by Gasteiger charge is 2.25. The molecule has 1 aliphatic rings. The first-order valence-corrected chi connectivity index (χ1v) is 4.27. The molecule has 0 aromatic rings. The van der Waals surface area contributed by atoms with E-state index in [1.165, 1.54) is 0 Å². The van der Waals surface area contributed by atoms with E-state index in [9.17, 15) is 4.79 Å². The third kappa shape index (κ3) is 3.19. The Labute approximate surface area is 71.6 Å². The minimum atomic E-state index is -0.490. The highest BCUT2D eigenvalue weighted by molar-refractivity contribution is 5.76. The molecule has 1 amide bonds. The summed E-state index contributed by atoms with van der Waals surface area (Å²) in [5, 5.41) is 19.8. The van der Waals surface area contributed by atoms with Crippen LogP contribution in [0.1, 0.15) is 19.3 Å². The van der Waals surface area contributed by atoms with Gasteiger partial charge in [-0.15, -0.1) is 0 Å². The molecule has 1 saturated carbocycles. The lowest BCUT2D eigenvalue weighted by atomic mass is 10.2. The molecule has 4 heteroatoms. The number of aliphatic hydroxyl groups excluding tert-OH is 2. The molecule has 0 atom stereocenters.